The van der Waals surface area contributed by atoms with Gasteiger partial charge in [0.2, 0.25) is 5.88 Å². The van der Waals surface area contributed by atoms with E-state index >= 15 is 0 Å². The summed E-state index contributed by atoms with van der Waals surface area (Å²) in [5.41, 5.74) is 1.81. The van der Waals surface area contributed by atoms with Crippen LogP contribution >= 0.6 is 35.0 Å². The molecule has 4 nitrogen and oxygen atoms in total. The highest BCUT2D eigenvalue weighted by Gasteiger charge is 2.23. The Bertz CT molecular complexity index is 1190. The number of carbonyl (C=O) groups excluding carboxylic acids is 1. The van der Waals surface area contributed by atoms with E-state index in [1.807, 2.05) is 61.5 Å². The monoisotopic (exact) mass is 454 g/mol. The van der Waals surface area contributed by atoms with Crippen LogP contribution in [0.5, 0.6) is 5.88 Å². The molecule has 0 unspecified atom stereocenters. The van der Waals surface area contributed by atoms with Crippen molar-refractivity contribution in [3.8, 4) is 11.6 Å². The number of nitrogens with zero attached hydrogens (tertiary/aromatic N) is 2. The summed E-state index contributed by atoms with van der Waals surface area (Å²) in [6, 6.07) is 23.8. The zero-order chi connectivity index (χ0) is 21.1. The van der Waals surface area contributed by atoms with Crippen molar-refractivity contribution >= 4 is 40.9 Å². The van der Waals surface area contributed by atoms with Crippen molar-refractivity contribution in [2.75, 3.05) is 0 Å². The molecule has 4 aromatic rings. The van der Waals surface area contributed by atoms with Crippen LogP contribution in [0, 0.1) is 6.92 Å². The quantitative estimate of drug-likeness (QED) is 0.309. The summed E-state index contributed by atoms with van der Waals surface area (Å²) in [6.07, 6.45) is 0. The van der Waals surface area contributed by atoms with Crippen LogP contribution in [0.25, 0.3) is 5.69 Å². The zero-order valence-corrected chi connectivity index (χ0v) is 18.2. The molecule has 1 heterocycles. The molecule has 1 aromatic heterocycles. The van der Waals surface area contributed by atoms with Gasteiger partial charge in [-0.25, -0.2) is 4.79 Å². The van der Waals surface area contributed by atoms with E-state index in [4.69, 9.17) is 27.9 Å². The lowest BCUT2D eigenvalue weighted by Crippen LogP contribution is -2.12. The fraction of sp³-hybridized carbons (Fsp3) is 0.0435. The molecule has 150 valence electrons. The summed E-state index contributed by atoms with van der Waals surface area (Å²) < 4.78 is 7.47. The van der Waals surface area contributed by atoms with Crippen molar-refractivity contribution in [3.63, 3.8) is 0 Å². The van der Waals surface area contributed by atoms with Gasteiger partial charge in [0.15, 0.2) is 0 Å². The Morgan fingerprint density at radius 2 is 1.60 bits per heavy atom. The van der Waals surface area contributed by atoms with E-state index in [0.717, 1.165) is 21.2 Å². The van der Waals surface area contributed by atoms with Crippen LogP contribution < -0.4 is 4.74 Å². The Morgan fingerprint density at radius 1 is 0.933 bits per heavy atom. The summed E-state index contributed by atoms with van der Waals surface area (Å²) in [5, 5.41) is 5.61. The van der Waals surface area contributed by atoms with Gasteiger partial charge >= 0.3 is 5.97 Å². The van der Waals surface area contributed by atoms with Gasteiger partial charge in [-0.2, -0.15) is 9.78 Å². The van der Waals surface area contributed by atoms with Gasteiger partial charge in [0.05, 0.1) is 26.9 Å². The minimum Gasteiger partial charge on any atom is -0.402 e. The first-order chi connectivity index (χ1) is 14.5. The fourth-order valence-electron chi connectivity index (χ4n) is 2.83. The first-order valence-corrected chi connectivity index (χ1v) is 10.7. The first-order valence-electron chi connectivity index (χ1n) is 9.08. The highest BCUT2D eigenvalue weighted by molar-refractivity contribution is 7.99. The van der Waals surface area contributed by atoms with Gasteiger partial charge in [-0.3, -0.25) is 0 Å². The molecule has 0 spiro atoms. The predicted octanol–water partition coefficient (Wildman–Crippen LogP) is 6.86. The second-order valence-corrected chi connectivity index (χ2v) is 8.32. The lowest BCUT2D eigenvalue weighted by Gasteiger charge is -2.11. The van der Waals surface area contributed by atoms with Crippen molar-refractivity contribution in [2.24, 2.45) is 0 Å². The summed E-state index contributed by atoms with van der Waals surface area (Å²) in [7, 11) is 0. The molecule has 0 bridgehead atoms. The molecule has 0 N–H and O–H groups in total. The Morgan fingerprint density at radius 3 is 2.30 bits per heavy atom. The van der Waals surface area contributed by atoms with Crippen molar-refractivity contribution in [1.82, 2.24) is 9.78 Å². The molecule has 30 heavy (non-hydrogen) atoms. The Kier molecular flexibility index (Phi) is 6.13. The maximum absolute atomic E-state index is 12.9. The zero-order valence-electron chi connectivity index (χ0n) is 15.9. The molecular formula is C23H16Cl2N2O2S. The number of aromatic nitrogens is 2. The minimum atomic E-state index is -0.546. The molecule has 4 rings (SSSR count). The van der Waals surface area contributed by atoms with Gasteiger partial charge in [-0.05, 0) is 55.5 Å². The van der Waals surface area contributed by atoms with Gasteiger partial charge < -0.3 is 4.74 Å². The molecule has 0 saturated carbocycles. The third-order valence-corrected chi connectivity index (χ3v) is 6.05. The highest BCUT2D eigenvalue weighted by atomic mass is 35.5. The number of carbonyl (C=O) groups is 1. The van der Waals surface area contributed by atoms with Crippen LogP contribution in [0.15, 0.2) is 88.7 Å². The van der Waals surface area contributed by atoms with Gasteiger partial charge in [0, 0.05) is 9.92 Å². The highest BCUT2D eigenvalue weighted by Crippen LogP contribution is 2.39. The van der Waals surface area contributed by atoms with E-state index in [0.29, 0.717) is 21.5 Å². The van der Waals surface area contributed by atoms with Crippen LogP contribution in [0.4, 0.5) is 0 Å². The van der Waals surface area contributed by atoms with Crippen molar-refractivity contribution in [3.05, 3.63) is 100 Å². The molecule has 0 amide bonds. The number of benzene rings is 3. The van der Waals surface area contributed by atoms with E-state index in [1.165, 1.54) is 11.8 Å². The lowest BCUT2D eigenvalue weighted by atomic mass is 10.2. The number of halogens is 2. The number of aryl methyl sites for hydroxylation is 1. The molecular weight excluding hydrogens is 439 g/mol. The standard InChI is InChI=1S/C23H16Cl2N2O2S/c1-15-21(30-18-13-11-16(24)12-14-18)22(27(26-15)17-7-3-2-4-8-17)29-23(28)19-9-5-6-10-20(19)25/h2-14H,1H3. The smallest absolute Gasteiger partial charge is 0.346 e. The maximum Gasteiger partial charge on any atom is 0.346 e. The Hall–Kier alpha value is -2.73. The van der Waals surface area contributed by atoms with E-state index in [9.17, 15) is 4.79 Å². The molecule has 0 atom stereocenters. The topological polar surface area (TPSA) is 44.1 Å². The summed E-state index contributed by atoms with van der Waals surface area (Å²) in [6.45, 7) is 1.88. The second-order valence-electron chi connectivity index (χ2n) is 6.39. The molecule has 0 saturated heterocycles. The number of esters is 1. The summed E-state index contributed by atoms with van der Waals surface area (Å²) in [4.78, 5) is 14.6. The molecule has 0 fully saturated rings. The number of para-hydroxylation sites is 1. The Balaban J connectivity index is 1.78. The SMILES string of the molecule is Cc1nn(-c2ccccc2)c(OC(=O)c2ccccc2Cl)c1Sc1ccc(Cl)cc1. The van der Waals surface area contributed by atoms with E-state index < -0.39 is 5.97 Å². The largest absolute Gasteiger partial charge is 0.402 e. The van der Waals surface area contributed by atoms with E-state index in [1.54, 1.807) is 28.9 Å². The van der Waals surface area contributed by atoms with Crippen LogP contribution in [-0.4, -0.2) is 15.7 Å². The average molecular weight is 455 g/mol. The molecule has 7 heteroatoms. The molecule has 0 aliphatic carbocycles. The van der Waals surface area contributed by atoms with Crippen LogP contribution in [0.3, 0.4) is 0 Å². The predicted molar refractivity (Wildman–Crippen MR) is 120 cm³/mol. The molecule has 0 aliphatic rings. The number of rotatable bonds is 5. The van der Waals surface area contributed by atoms with Crippen LogP contribution in [0.1, 0.15) is 16.1 Å². The van der Waals surface area contributed by atoms with Crippen molar-refractivity contribution < 1.29 is 9.53 Å². The normalized spacial score (nSPS) is 10.8. The first kappa shape index (κ1) is 20.5. The minimum absolute atomic E-state index is 0.292. The van der Waals surface area contributed by atoms with Gasteiger partial charge in [0.25, 0.3) is 0 Å². The number of ether oxygens (including phenoxy) is 1. The van der Waals surface area contributed by atoms with E-state index in [2.05, 4.69) is 5.10 Å². The third kappa shape index (κ3) is 4.38. The fourth-order valence-corrected chi connectivity index (χ4v) is 4.08. The summed E-state index contributed by atoms with van der Waals surface area (Å²) >= 11 is 13.7. The van der Waals surface area contributed by atoms with Crippen molar-refractivity contribution in [2.45, 2.75) is 16.7 Å². The average Bonchev–Trinajstić information content (AvgIpc) is 3.06. The molecule has 0 aliphatic heterocycles. The van der Waals surface area contributed by atoms with Gasteiger partial charge in [0.1, 0.15) is 0 Å². The number of hydrogen-bond donors (Lipinski definition) is 0. The van der Waals surface area contributed by atoms with Crippen LogP contribution in [-0.2, 0) is 0 Å². The van der Waals surface area contributed by atoms with E-state index in [-0.39, 0.29) is 0 Å². The van der Waals surface area contributed by atoms with Crippen molar-refractivity contribution in [1.29, 1.82) is 0 Å². The number of hydrogen-bond acceptors (Lipinski definition) is 4. The third-order valence-electron chi connectivity index (χ3n) is 4.28. The maximum atomic E-state index is 12.9. The van der Waals surface area contributed by atoms with Gasteiger partial charge in [-0.1, -0.05) is 65.3 Å². The lowest BCUT2D eigenvalue weighted by molar-refractivity contribution is 0.0718. The molecule has 0 radical (unpaired) electrons. The summed E-state index contributed by atoms with van der Waals surface area (Å²) in [5.74, 6) is -0.209. The van der Waals surface area contributed by atoms with Gasteiger partial charge in [-0.15, -0.1) is 0 Å². The Labute approximate surface area is 188 Å². The second kappa shape index (κ2) is 8.96. The van der Waals surface area contributed by atoms with Crippen LogP contribution in [0.2, 0.25) is 10.0 Å². The molecule has 3 aromatic carbocycles.